The zero-order valence-corrected chi connectivity index (χ0v) is 16.6. The van der Waals surface area contributed by atoms with Gasteiger partial charge in [-0.3, -0.25) is 14.7 Å². The number of hydrogen-bond donors (Lipinski definition) is 2. The average molecular weight is 392 g/mol. The highest BCUT2D eigenvalue weighted by Crippen LogP contribution is 2.34. The van der Waals surface area contributed by atoms with Gasteiger partial charge in [-0.05, 0) is 25.3 Å². The summed E-state index contributed by atoms with van der Waals surface area (Å²) >= 11 is 0. The number of H-pyrrole nitrogens is 2. The maximum Gasteiger partial charge on any atom is 0.270 e. The van der Waals surface area contributed by atoms with Crippen LogP contribution in [0.15, 0.2) is 47.5 Å². The fourth-order valence-electron chi connectivity index (χ4n) is 3.93. The van der Waals surface area contributed by atoms with Crippen LogP contribution in [0.1, 0.15) is 40.5 Å². The van der Waals surface area contributed by atoms with Crippen molar-refractivity contribution in [2.24, 2.45) is 0 Å². The minimum atomic E-state index is -0.301. The number of ether oxygens (including phenoxy) is 1. The van der Waals surface area contributed by atoms with Crippen LogP contribution in [0.4, 0.5) is 0 Å². The Morgan fingerprint density at radius 3 is 2.72 bits per heavy atom. The molecule has 0 aliphatic carbocycles. The van der Waals surface area contributed by atoms with Gasteiger partial charge in [-0.1, -0.05) is 29.8 Å². The van der Waals surface area contributed by atoms with Gasteiger partial charge in [0.1, 0.15) is 5.69 Å². The Hall–Kier alpha value is -3.35. The van der Waals surface area contributed by atoms with E-state index in [-0.39, 0.29) is 22.8 Å². The van der Waals surface area contributed by atoms with Crippen molar-refractivity contribution in [1.29, 1.82) is 0 Å². The number of benzene rings is 1. The van der Waals surface area contributed by atoms with Gasteiger partial charge < -0.3 is 14.6 Å². The summed E-state index contributed by atoms with van der Waals surface area (Å²) in [5, 5.41) is 7.45. The van der Waals surface area contributed by atoms with E-state index in [2.05, 4.69) is 46.4 Å². The number of likely N-dealkylation sites (tertiary alicyclic amines) is 1. The summed E-state index contributed by atoms with van der Waals surface area (Å²) in [4.78, 5) is 29.4. The molecule has 7 nitrogen and oxygen atoms in total. The smallest absolute Gasteiger partial charge is 0.270 e. The molecule has 1 fully saturated rings. The van der Waals surface area contributed by atoms with E-state index in [1.807, 2.05) is 6.20 Å². The van der Waals surface area contributed by atoms with Crippen LogP contribution in [0, 0.1) is 6.92 Å². The Balaban J connectivity index is 1.47. The van der Waals surface area contributed by atoms with Gasteiger partial charge >= 0.3 is 0 Å². The van der Waals surface area contributed by atoms with E-state index in [9.17, 15) is 9.59 Å². The lowest BCUT2D eigenvalue weighted by Crippen LogP contribution is -2.38. The van der Waals surface area contributed by atoms with E-state index in [1.165, 1.54) is 24.9 Å². The maximum absolute atomic E-state index is 12.8. The molecule has 0 radical (unpaired) electrons. The first-order chi connectivity index (χ1) is 14.1. The second-order valence-electron chi connectivity index (χ2n) is 7.41. The third kappa shape index (κ3) is 3.81. The lowest BCUT2D eigenvalue weighted by molar-refractivity contribution is 0.0706. The van der Waals surface area contributed by atoms with Crippen molar-refractivity contribution in [2.45, 2.75) is 25.7 Å². The van der Waals surface area contributed by atoms with Gasteiger partial charge in [-0.2, -0.15) is 5.10 Å². The van der Waals surface area contributed by atoms with Gasteiger partial charge in [0.2, 0.25) is 5.43 Å². The number of hydrogen-bond acceptors (Lipinski definition) is 4. The van der Waals surface area contributed by atoms with Crippen LogP contribution in [0.2, 0.25) is 0 Å². The summed E-state index contributed by atoms with van der Waals surface area (Å²) < 4.78 is 4.96. The van der Waals surface area contributed by atoms with Crippen molar-refractivity contribution >= 4 is 5.91 Å². The van der Waals surface area contributed by atoms with Crippen molar-refractivity contribution in [1.82, 2.24) is 20.1 Å². The van der Waals surface area contributed by atoms with Gasteiger partial charge in [0.25, 0.3) is 5.91 Å². The van der Waals surface area contributed by atoms with E-state index >= 15 is 0 Å². The molecule has 1 aliphatic rings. The van der Waals surface area contributed by atoms with Crippen LogP contribution in [0.25, 0.3) is 11.1 Å². The largest absolute Gasteiger partial charge is 0.491 e. The number of nitrogens with one attached hydrogen (secondary N) is 2. The van der Waals surface area contributed by atoms with Crippen molar-refractivity contribution < 1.29 is 9.53 Å². The Labute approximate surface area is 168 Å². The van der Waals surface area contributed by atoms with E-state index in [0.29, 0.717) is 19.0 Å². The number of piperidine rings is 1. The second kappa shape index (κ2) is 7.95. The quantitative estimate of drug-likeness (QED) is 0.714. The average Bonchev–Trinajstić information content (AvgIpc) is 3.23. The van der Waals surface area contributed by atoms with Crippen LogP contribution in [0.5, 0.6) is 5.75 Å². The van der Waals surface area contributed by atoms with Crippen LogP contribution < -0.4 is 10.2 Å². The Bertz CT molecular complexity index is 1080. The number of amides is 1. The molecule has 2 N–H and O–H groups in total. The summed E-state index contributed by atoms with van der Waals surface area (Å²) in [6.07, 6.45) is 4.99. The first kappa shape index (κ1) is 19.0. The molecular weight excluding hydrogens is 368 g/mol. The standard InChI is InChI=1S/C22H24N4O3/c1-14-4-3-5-16(10-14)17-12-24-25-21(17)15-6-8-26(9-7-15)22(28)18-11-19(27)20(29-2)13-23-18/h3-5,10-13,15H,6-9H2,1-2H3,(H,23,27)(H,24,25). The minimum Gasteiger partial charge on any atom is -0.491 e. The van der Waals surface area contributed by atoms with Crippen molar-refractivity contribution in [2.75, 3.05) is 20.2 Å². The van der Waals surface area contributed by atoms with Gasteiger partial charge in [0.05, 0.1) is 13.3 Å². The molecule has 1 amide bonds. The van der Waals surface area contributed by atoms with Gasteiger partial charge in [0, 0.05) is 42.5 Å². The number of pyridine rings is 1. The fraction of sp³-hybridized carbons (Fsp3) is 0.318. The molecule has 150 valence electrons. The molecule has 3 heterocycles. The molecule has 4 rings (SSSR count). The topological polar surface area (TPSA) is 91.1 Å². The monoisotopic (exact) mass is 392 g/mol. The molecule has 0 saturated carbocycles. The number of aromatic amines is 2. The molecule has 2 aromatic heterocycles. The molecule has 1 saturated heterocycles. The zero-order chi connectivity index (χ0) is 20.4. The third-order valence-corrected chi connectivity index (χ3v) is 5.52. The summed E-state index contributed by atoms with van der Waals surface area (Å²) in [6.45, 7) is 3.34. The van der Waals surface area contributed by atoms with Crippen LogP contribution in [0.3, 0.4) is 0 Å². The van der Waals surface area contributed by atoms with Crippen molar-refractivity contribution in [3.8, 4) is 16.9 Å². The minimum absolute atomic E-state index is 0.160. The molecule has 29 heavy (non-hydrogen) atoms. The highest BCUT2D eigenvalue weighted by atomic mass is 16.5. The molecule has 1 aromatic carbocycles. The van der Waals surface area contributed by atoms with Crippen LogP contribution in [-0.4, -0.2) is 46.2 Å². The summed E-state index contributed by atoms with van der Waals surface area (Å²) in [5.41, 5.74) is 4.60. The SMILES string of the molecule is COc1c[nH]c(C(=O)N2CCC(c3[nH]ncc3-c3cccc(C)c3)CC2)cc1=O. The lowest BCUT2D eigenvalue weighted by atomic mass is 9.89. The number of rotatable bonds is 4. The molecule has 0 bridgehead atoms. The van der Waals surface area contributed by atoms with Crippen LogP contribution >= 0.6 is 0 Å². The van der Waals surface area contributed by atoms with Gasteiger partial charge in [-0.25, -0.2) is 0 Å². The number of methoxy groups -OCH3 is 1. The number of aromatic nitrogens is 3. The molecule has 3 aromatic rings. The molecule has 0 unspecified atom stereocenters. The first-order valence-corrected chi connectivity index (χ1v) is 9.73. The number of nitrogens with zero attached hydrogens (tertiary/aromatic N) is 2. The van der Waals surface area contributed by atoms with Crippen LogP contribution in [-0.2, 0) is 0 Å². The lowest BCUT2D eigenvalue weighted by Gasteiger charge is -2.32. The summed E-state index contributed by atoms with van der Waals surface area (Å²) in [6, 6.07) is 9.69. The fourth-order valence-corrected chi connectivity index (χ4v) is 3.93. The second-order valence-corrected chi connectivity index (χ2v) is 7.41. The normalized spacial score (nSPS) is 14.8. The summed E-state index contributed by atoms with van der Waals surface area (Å²) in [7, 11) is 1.43. The maximum atomic E-state index is 12.8. The highest BCUT2D eigenvalue weighted by Gasteiger charge is 2.27. The molecule has 7 heteroatoms. The molecular formula is C22H24N4O3. The van der Waals surface area contributed by atoms with Gasteiger partial charge in [0.15, 0.2) is 5.75 Å². The Morgan fingerprint density at radius 1 is 1.24 bits per heavy atom. The number of carbonyl (C=O) groups is 1. The molecule has 0 atom stereocenters. The van der Waals surface area contributed by atoms with E-state index in [0.717, 1.165) is 29.7 Å². The molecule has 0 spiro atoms. The number of carbonyl (C=O) groups excluding carboxylic acids is 1. The Morgan fingerprint density at radius 2 is 2.03 bits per heavy atom. The van der Waals surface area contributed by atoms with Gasteiger partial charge in [-0.15, -0.1) is 0 Å². The predicted molar refractivity (Wildman–Crippen MR) is 110 cm³/mol. The molecule has 1 aliphatic heterocycles. The Kier molecular flexibility index (Phi) is 5.20. The zero-order valence-electron chi connectivity index (χ0n) is 16.6. The third-order valence-electron chi connectivity index (χ3n) is 5.52. The summed E-state index contributed by atoms with van der Waals surface area (Å²) in [5.74, 6) is 0.349. The predicted octanol–water partition coefficient (Wildman–Crippen LogP) is 3.10. The van der Waals surface area contributed by atoms with Crippen molar-refractivity contribution in [3.63, 3.8) is 0 Å². The number of aryl methyl sites for hydroxylation is 1. The van der Waals surface area contributed by atoms with E-state index in [1.54, 1.807) is 4.90 Å². The highest BCUT2D eigenvalue weighted by molar-refractivity contribution is 5.92. The van der Waals surface area contributed by atoms with E-state index in [4.69, 9.17) is 4.74 Å². The first-order valence-electron chi connectivity index (χ1n) is 9.73. The van der Waals surface area contributed by atoms with Crippen molar-refractivity contribution in [3.05, 3.63) is 69.9 Å². The van der Waals surface area contributed by atoms with E-state index < -0.39 is 0 Å².